The van der Waals surface area contributed by atoms with Gasteiger partial charge in [-0.1, -0.05) is 18.7 Å². The lowest BCUT2D eigenvalue weighted by atomic mass is 10.2. The molecule has 0 bridgehead atoms. The Balaban J connectivity index is 3.00. The summed E-state index contributed by atoms with van der Waals surface area (Å²) in [5.74, 6) is 0. The van der Waals surface area contributed by atoms with Crippen molar-refractivity contribution in [1.82, 2.24) is 0 Å². The topological polar surface area (TPSA) is 55.4 Å². The third-order valence-electron chi connectivity index (χ3n) is 1.34. The molecule has 1 rings (SSSR count). The second-order valence-electron chi connectivity index (χ2n) is 2.16. The zero-order chi connectivity index (χ0) is 8.27. The van der Waals surface area contributed by atoms with Crippen LogP contribution in [0.3, 0.4) is 0 Å². The monoisotopic (exact) mass is 148 g/mol. The van der Waals surface area contributed by atoms with E-state index in [0.29, 0.717) is 11.4 Å². The molecule has 3 heteroatoms. The Morgan fingerprint density at radius 3 is 2.27 bits per heavy atom. The quantitative estimate of drug-likeness (QED) is 0.652. The van der Waals surface area contributed by atoms with Crippen molar-refractivity contribution >= 4 is 11.4 Å². The molecule has 0 fully saturated rings. The minimum absolute atomic E-state index is 0.398. The van der Waals surface area contributed by atoms with Crippen LogP contribution in [-0.4, -0.2) is 0 Å². The molecule has 0 aromatic heterocycles. The van der Waals surface area contributed by atoms with Gasteiger partial charge in [0.1, 0.15) is 5.69 Å². The van der Waals surface area contributed by atoms with Crippen LogP contribution in [0.2, 0.25) is 0 Å². The van der Waals surface area contributed by atoms with Gasteiger partial charge < -0.3 is 5.73 Å². The van der Waals surface area contributed by atoms with Gasteiger partial charge in [0, 0.05) is 5.70 Å². The van der Waals surface area contributed by atoms with Gasteiger partial charge in [-0.05, 0) is 22.9 Å². The first-order valence-electron chi connectivity index (χ1n) is 3.12. The lowest BCUT2D eigenvalue weighted by Gasteiger charge is -1.97. The predicted molar refractivity (Wildman–Crippen MR) is 45.1 cm³/mol. The Bertz CT molecular complexity index is 277. The van der Waals surface area contributed by atoms with Crippen molar-refractivity contribution < 1.29 is 0 Å². The molecule has 0 amide bonds. The van der Waals surface area contributed by atoms with E-state index in [1.807, 2.05) is 0 Å². The van der Waals surface area contributed by atoms with Gasteiger partial charge in [0.05, 0.1) is 0 Å². The Kier molecular flexibility index (Phi) is 2.01. The second-order valence-corrected chi connectivity index (χ2v) is 2.16. The number of hydrogen-bond acceptors (Lipinski definition) is 3. The van der Waals surface area contributed by atoms with Crippen molar-refractivity contribution in [3.63, 3.8) is 0 Å². The van der Waals surface area contributed by atoms with Crippen molar-refractivity contribution in [2.45, 2.75) is 0 Å². The Hall–Kier alpha value is -1.64. The fraction of sp³-hybridized carbons (Fsp3) is 0. The number of nitrogens with zero attached hydrogens (tertiary/aromatic N) is 1. The molecule has 0 aliphatic heterocycles. The molecule has 3 nitrogen and oxygen atoms in total. The summed E-state index contributed by atoms with van der Waals surface area (Å²) in [6.07, 6.45) is 0. The Morgan fingerprint density at radius 1 is 1.36 bits per heavy atom. The average molecular weight is 148 g/mol. The fourth-order valence-corrected chi connectivity index (χ4v) is 0.736. The summed E-state index contributed by atoms with van der Waals surface area (Å²) in [5.41, 5.74) is 7.11. The van der Waals surface area contributed by atoms with Crippen molar-refractivity contribution in [1.29, 1.82) is 0 Å². The summed E-state index contributed by atoms with van der Waals surface area (Å²) >= 11 is 0. The highest BCUT2D eigenvalue weighted by molar-refractivity contribution is 5.61. The SMILES string of the molecule is C=C(N)c1ccc(N=O)cc1. The first kappa shape index (κ1) is 7.47. The van der Waals surface area contributed by atoms with E-state index in [1.165, 1.54) is 0 Å². The van der Waals surface area contributed by atoms with Crippen LogP contribution >= 0.6 is 0 Å². The van der Waals surface area contributed by atoms with Crippen molar-refractivity contribution in [3.05, 3.63) is 41.3 Å². The molecule has 0 atom stereocenters. The zero-order valence-corrected chi connectivity index (χ0v) is 5.95. The van der Waals surface area contributed by atoms with Crippen LogP contribution in [0.5, 0.6) is 0 Å². The standard InChI is InChI=1S/C8H8N2O/c1-6(9)7-2-4-8(10-11)5-3-7/h2-5H,1,9H2. The number of hydrogen-bond donors (Lipinski definition) is 1. The summed E-state index contributed by atoms with van der Waals surface area (Å²) in [6, 6.07) is 6.61. The smallest absolute Gasteiger partial charge is 0.108 e. The number of benzene rings is 1. The van der Waals surface area contributed by atoms with Gasteiger partial charge in [-0.3, -0.25) is 0 Å². The molecule has 0 spiro atoms. The first-order chi connectivity index (χ1) is 5.24. The highest BCUT2D eigenvalue weighted by atomic mass is 16.3. The molecule has 0 aliphatic rings. The third-order valence-corrected chi connectivity index (χ3v) is 1.34. The zero-order valence-electron chi connectivity index (χ0n) is 5.95. The van der Waals surface area contributed by atoms with Gasteiger partial charge in [0.15, 0.2) is 0 Å². The summed E-state index contributed by atoms with van der Waals surface area (Å²) < 4.78 is 0. The van der Waals surface area contributed by atoms with Crippen LogP contribution in [0.4, 0.5) is 5.69 Å². The minimum Gasteiger partial charge on any atom is -0.399 e. The second kappa shape index (κ2) is 2.96. The molecule has 0 aliphatic carbocycles. The fourth-order valence-electron chi connectivity index (χ4n) is 0.736. The van der Waals surface area contributed by atoms with E-state index >= 15 is 0 Å². The molecule has 0 unspecified atom stereocenters. The summed E-state index contributed by atoms with van der Waals surface area (Å²) in [7, 11) is 0. The number of nitroso groups, excluding NO2 is 1. The van der Waals surface area contributed by atoms with E-state index in [-0.39, 0.29) is 0 Å². The highest BCUT2D eigenvalue weighted by Crippen LogP contribution is 2.14. The largest absolute Gasteiger partial charge is 0.399 e. The lowest BCUT2D eigenvalue weighted by molar-refractivity contribution is 1.46. The molecule has 56 valence electrons. The predicted octanol–water partition coefficient (Wildman–Crippen LogP) is 2.01. The van der Waals surface area contributed by atoms with Crippen LogP contribution in [-0.2, 0) is 0 Å². The molecule has 0 saturated carbocycles. The Morgan fingerprint density at radius 2 is 1.91 bits per heavy atom. The molecule has 1 aromatic rings. The maximum Gasteiger partial charge on any atom is 0.108 e. The van der Waals surface area contributed by atoms with Crippen LogP contribution in [0.1, 0.15) is 5.56 Å². The molecule has 0 radical (unpaired) electrons. The molecule has 2 N–H and O–H groups in total. The van der Waals surface area contributed by atoms with Crippen LogP contribution in [0.15, 0.2) is 36.0 Å². The lowest BCUT2D eigenvalue weighted by Crippen LogP contribution is -1.92. The molecule has 1 aromatic carbocycles. The molecule has 0 heterocycles. The highest BCUT2D eigenvalue weighted by Gasteiger charge is 1.93. The summed E-state index contributed by atoms with van der Waals surface area (Å²) in [6.45, 7) is 3.55. The summed E-state index contributed by atoms with van der Waals surface area (Å²) in [5, 5.41) is 2.75. The average Bonchev–Trinajstić information content (AvgIpc) is 2.05. The summed E-state index contributed by atoms with van der Waals surface area (Å²) in [4.78, 5) is 9.98. The van der Waals surface area contributed by atoms with Gasteiger partial charge in [-0.15, -0.1) is 4.91 Å². The maximum atomic E-state index is 9.98. The van der Waals surface area contributed by atoms with Crippen LogP contribution < -0.4 is 5.73 Å². The van der Waals surface area contributed by atoms with Gasteiger partial charge in [-0.25, -0.2) is 0 Å². The van der Waals surface area contributed by atoms with Crippen LogP contribution in [0, 0.1) is 4.91 Å². The van der Waals surface area contributed by atoms with Gasteiger partial charge in [-0.2, -0.15) is 0 Å². The number of nitrogens with two attached hydrogens (primary N) is 1. The van der Waals surface area contributed by atoms with Crippen molar-refractivity contribution in [2.24, 2.45) is 10.9 Å². The van der Waals surface area contributed by atoms with E-state index in [1.54, 1.807) is 24.3 Å². The van der Waals surface area contributed by atoms with Gasteiger partial charge >= 0.3 is 0 Å². The third kappa shape index (κ3) is 1.64. The minimum atomic E-state index is 0.398. The molecule has 11 heavy (non-hydrogen) atoms. The maximum absolute atomic E-state index is 9.98. The molecule has 0 saturated heterocycles. The van der Waals surface area contributed by atoms with E-state index < -0.39 is 0 Å². The van der Waals surface area contributed by atoms with Gasteiger partial charge in [0.2, 0.25) is 0 Å². The number of rotatable bonds is 2. The Labute approximate surface area is 64.5 Å². The van der Waals surface area contributed by atoms with E-state index in [9.17, 15) is 4.91 Å². The van der Waals surface area contributed by atoms with Gasteiger partial charge in [0.25, 0.3) is 0 Å². The molecular weight excluding hydrogens is 140 g/mol. The van der Waals surface area contributed by atoms with Crippen LogP contribution in [0.25, 0.3) is 5.70 Å². The van der Waals surface area contributed by atoms with Crippen molar-refractivity contribution in [3.8, 4) is 0 Å². The van der Waals surface area contributed by atoms with Crippen molar-refractivity contribution in [2.75, 3.05) is 0 Å². The first-order valence-corrected chi connectivity index (χ1v) is 3.12. The van der Waals surface area contributed by atoms with E-state index in [2.05, 4.69) is 11.8 Å². The molecular formula is C8H8N2O. The normalized spacial score (nSPS) is 9.09. The van der Waals surface area contributed by atoms with E-state index in [0.717, 1.165) is 5.56 Å². The van der Waals surface area contributed by atoms with E-state index in [4.69, 9.17) is 5.73 Å².